The molecule has 20 heavy (non-hydrogen) atoms. The third kappa shape index (κ3) is 5.00. The van der Waals surface area contributed by atoms with Gasteiger partial charge in [-0.1, -0.05) is 13.3 Å². The van der Waals surface area contributed by atoms with Gasteiger partial charge in [0, 0.05) is 26.6 Å². The molecule has 0 aliphatic carbocycles. The van der Waals surface area contributed by atoms with Crippen molar-refractivity contribution in [2.45, 2.75) is 45.1 Å². The molecular formula is C14H26N2O4. The van der Waals surface area contributed by atoms with Gasteiger partial charge in [-0.3, -0.25) is 4.79 Å². The van der Waals surface area contributed by atoms with Gasteiger partial charge in [0.1, 0.15) is 0 Å². The molecule has 1 saturated heterocycles. The first kappa shape index (κ1) is 16.8. The second kappa shape index (κ2) is 7.47. The molecule has 2 N–H and O–H groups in total. The number of methoxy groups -OCH3 is 1. The van der Waals surface area contributed by atoms with Crippen LogP contribution in [0.2, 0.25) is 0 Å². The topological polar surface area (TPSA) is 78.9 Å². The Kier molecular flexibility index (Phi) is 6.26. The predicted octanol–water partition coefficient (Wildman–Crippen LogP) is 1.70. The van der Waals surface area contributed by atoms with E-state index in [0.717, 1.165) is 25.8 Å². The van der Waals surface area contributed by atoms with Crippen LogP contribution >= 0.6 is 0 Å². The summed E-state index contributed by atoms with van der Waals surface area (Å²) < 4.78 is 5.46. The zero-order chi connectivity index (χ0) is 15.2. The maximum Gasteiger partial charge on any atom is 0.317 e. The summed E-state index contributed by atoms with van der Waals surface area (Å²) in [5.74, 6) is -0.842. The van der Waals surface area contributed by atoms with Gasteiger partial charge in [0.2, 0.25) is 0 Å². The molecule has 0 aromatic heterocycles. The van der Waals surface area contributed by atoms with Crippen molar-refractivity contribution in [2.24, 2.45) is 5.92 Å². The monoisotopic (exact) mass is 286 g/mol. The van der Waals surface area contributed by atoms with E-state index in [4.69, 9.17) is 9.84 Å². The number of ether oxygens (including phenoxy) is 1. The number of urea groups is 1. The Labute approximate surface area is 120 Å². The minimum absolute atomic E-state index is 0.0185. The van der Waals surface area contributed by atoms with E-state index in [1.54, 1.807) is 12.0 Å². The number of hydrogen-bond acceptors (Lipinski definition) is 3. The number of carboxylic acids is 1. The molecule has 2 unspecified atom stereocenters. The highest BCUT2D eigenvalue weighted by atomic mass is 16.5. The van der Waals surface area contributed by atoms with Crippen molar-refractivity contribution in [3.63, 3.8) is 0 Å². The van der Waals surface area contributed by atoms with Crippen LogP contribution in [0.15, 0.2) is 0 Å². The van der Waals surface area contributed by atoms with Crippen LogP contribution in [0.3, 0.4) is 0 Å². The van der Waals surface area contributed by atoms with Crippen molar-refractivity contribution in [3.05, 3.63) is 0 Å². The molecule has 1 fully saturated rings. The fourth-order valence-corrected chi connectivity index (χ4v) is 2.50. The second-order valence-electron chi connectivity index (χ2n) is 5.74. The van der Waals surface area contributed by atoms with E-state index in [-0.39, 0.29) is 24.0 Å². The number of nitrogens with zero attached hydrogens (tertiary/aromatic N) is 1. The average Bonchev–Trinajstić information content (AvgIpc) is 2.42. The van der Waals surface area contributed by atoms with E-state index >= 15 is 0 Å². The van der Waals surface area contributed by atoms with Crippen molar-refractivity contribution in [1.29, 1.82) is 0 Å². The molecule has 2 amide bonds. The standard InChI is InChI=1S/C14H26N2O4/c1-4-11(8-12(17)18)9-15-13(19)16-7-5-6-14(2,10-16)20-3/h11H,4-10H2,1-3H3,(H,15,19)(H,17,18). The molecule has 0 aromatic carbocycles. The molecule has 0 radical (unpaired) electrons. The van der Waals surface area contributed by atoms with Crippen LogP contribution in [0.1, 0.15) is 39.5 Å². The maximum absolute atomic E-state index is 12.1. The number of amides is 2. The first-order valence-corrected chi connectivity index (χ1v) is 7.20. The van der Waals surface area contributed by atoms with Crippen molar-refractivity contribution in [1.82, 2.24) is 10.2 Å². The number of carbonyl (C=O) groups excluding carboxylic acids is 1. The first-order valence-electron chi connectivity index (χ1n) is 7.20. The summed E-state index contributed by atoms with van der Waals surface area (Å²) in [5.41, 5.74) is -0.277. The van der Waals surface area contributed by atoms with E-state index in [1.165, 1.54) is 0 Å². The predicted molar refractivity (Wildman–Crippen MR) is 75.7 cm³/mol. The first-order chi connectivity index (χ1) is 9.40. The molecule has 0 spiro atoms. The number of likely N-dealkylation sites (tertiary alicyclic amines) is 1. The number of carbonyl (C=O) groups is 2. The highest BCUT2D eigenvalue weighted by molar-refractivity contribution is 5.74. The van der Waals surface area contributed by atoms with Gasteiger partial charge < -0.3 is 20.1 Å². The Balaban J connectivity index is 2.43. The van der Waals surface area contributed by atoms with Crippen LogP contribution in [0.5, 0.6) is 0 Å². The van der Waals surface area contributed by atoms with Gasteiger partial charge in [-0.25, -0.2) is 4.79 Å². The number of hydrogen-bond donors (Lipinski definition) is 2. The highest BCUT2D eigenvalue weighted by Gasteiger charge is 2.33. The van der Waals surface area contributed by atoms with Crippen LogP contribution in [0.4, 0.5) is 4.79 Å². The van der Waals surface area contributed by atoms with Crippen molar-refractivity contribution < 1.29 is 19.4 Å². The lowest BCUT2D eigenvalue weighted by molar-refractivity contribution is -0.138. The molecule has 0 bridgehead atoms. The summed E-state index contributed by atoms with van der Waals surface area (Å²) >= 11 is 0. The number of nitrogens with one attached hydrogen (secondary N) is 1. The molecule has 6 heteroatoms. The number of rotatable bonds is 6. The van der Waals surface area contributed by atoms with Crippen LogP contribution in [0.25, 0.3) is 0 Å². The third-order valence-corrected chi connectivity index (χ3v) is 4.02. The average molecular weight is 286 g/mol. The molecule has 1 heterocycles. The zero-order valence-electron chi connectivity index (χ0n) is 12.6. The second-order valence-corrected chi connectivity index (χ2v) is 5.74. The van der Waals surface area contributed by atoms with Gasteiger partial charge >= 0.3 is 12.0 Å². The van der Waals surface area contributed by atoms with Crippen LogP contribution in [0, 0.1) is 5.92 Å². The van der Waals surface area contributed by atoms with Gasteiger partial charge in [-0.2, -0.15) is 0 Å². The van der Waals surface area contributed by atoms with Crippen molar-refractivity contribution in [3.8, 4) is 0 Å². The van der Waals surface area contributed by atoms with Gasteiger partial charge in [-0.05, 0) is 25.7 Å². The molecule has 1 aliphatic heterocycles. The van der Waals surface area contributed by atoms with Crippen LogP contribution in [-0.4, -0.2) is 54.4 Å². The lowest BCUT2D eigenvalue weighted by atomic mass is 9.95. The lowest BCUT2D eigenvalue weighted by Crippen LogP contribution is -2.53. The Morgan fingerprint density at radius 2 is 2.20 bits per heavy atom. The summed E-state index contributed by atoms with van der Waals surface area (Å²) in [6.45, 7) is 5.64. The number of carboxylic acid groups (broad SMARTS) is 1. The van der Waals surface area contributed by atoms with Crippen LogP contribution in [-0.2, 0) is 9.53 Å². The van der Waals surface area contributed by atoms with Gasteiger partial charge in [0.15, 0.2) is 0 Å². The summed E-state index contributed by atoms with van der Waals surface area (Å²) in [6, 6.07) is -0.128. The minimum atomic E-state index is -0.823. The highest BCUT2D eigenvalue weighted by Crippen LogP contribution is 2.23. The summed E-state index contributed by atoms with van der Waals surface area (Å²) in [4.78, 5) is 24.6. The van der Waals surface area contributed by atoms with Crippen LogP contribution < -0.4 is 5.32 Å². The Hall–Kier alpha value is -1.30. The van der Waals surface area contributed by atoms with E-state index < -0.39 is 5.97 Å². The number of piperidine rings is 1. The molecule has 1 rings (SSSR count). The fourth-order valence-electron chi connectivity index (χ4n) is 2.50. The molecule has 116 valence electrons. The maximum atomic E-state index is 12.1. The van der Waals surface area contributed by atoms with Crippen molar-refractivity contribution in [2.75, 3.05) is 26.7 Å². The minimum Gasteiger partial charge on any atom is -0.481 e. The van der Waals surface area contributed by atoms with E-state index in [0.29, 0.717) is 13.1 Å². The quantitative estimate of drug-likeness (QED) is 0.779. The molecule has 2 atom stereocenters. The molecule has 0 aromatic rings. The SMILES string of the molecule is CCC(CNC(=O)N1CCCC(C)(OC)C1)CC(=O)O. The molecule has 6 nitrogen and oxygen atoms in total. The van der Waals surface area contributed by atoms with Gasteiger partial charge in [0.25, 0.3) is 0 Å². The largest absolute Gasteiger partial charge is 0.481 e. The zero-order valence-corrected chi connectivity index (χ0v) is 12.6. The summed E-state index contributed by atoms with van der Waals surface area (Å²) in [5, 5.41) is 11.6. The molecular weight excluding hydrogens is 260 g/mol. The summed E-state index contributed by atoms with van der Waals surface area (Å²) in [6.07, 6.45) is 2.70. The van der Waals surface area contributed by atoms with E-state index in [9.17, 15) is 9.59 Å². The summed E-state index contributed by atoms with van der Waals surface area (Å²) in [7, 11) is 1.67. The Morgan fingerprint density at radius 3 is 2.75 bits per heavy atom. The normalized spacial score (nSPS) is 24.2. The Morgan fingerprint density at radius 1 is 1.50 bits per heavy atom. The van der Waals surface area contributed by atoms with Crippen molar-refractivity contribution >= 4 is 12.0 Å². The smallest absolute Gasteiger partial charge is 0.317 e. The Bertz CT molecular complexity index is 348. The number of aliphatic carboxylic acids is 1. The molecule has 0 saturated carbocycles. The third-order valence-electron chi connectivity index (χ3n) is 4.02. The van der Waals surface area contributed by atoms with Gasteiger partial charge in [-0.15, -0.1) is 0 Å². The van der Waals surface area contributed by atoms with Gasteiger partial charge in [0.05, 0.1) is 12.1 Å². The lowest BCUT2D eigenvalue weighted by Gasteiger charge is -2.39. The molecule has 1 aliphatic rings. The van der Waals surface area contributed by atoms with E-state index in [2.05, 4.69) is 5.32 Å². The van der Waals surface area contributed by atoms with E-state index in [1.807, 2.05) is 13.8 Å². The fraction of sp³-hybridized carbons (Fsp3) is 0.857.